The number of hydrogen-bond acceptors (Lipinski definition) is 4. The molecular weight excluding hydrogens is 268 g/mol. The molecule has 0 heterocycles. The van der Waals surface area contributed by atoms with E-state index in [-0.39, 0.29) is 5.91 Å². The molecule has 0 spiro atoms. The molecule has 0 aliphatic heterocycles. The summed E-state index contributed by atoms with van der Waals surface area (Å²) in [5.74, 6) is 0.277. The highest BCUT2D eigenvalue weighted by molar-refractivity contribution is 6.31. The van der Waals surface area contributed by atoms with Gasteiger partial charge in [0.25, 0.3) is 0 Å². The highest BCUT2D eigenvalue weighted by atomic mass is 35.5. The number of hydrogen-bond donors (Lipinski definition) is 2. The molecule has 0 aromatic heterocycles. The quantitative estimate of drug-likeness (QED) is 0.804. The average Bonchev–Trinajstić information content (AvgIpc) is 2.39. The third-order valence-electron chi connectivity index (χ3n) is 2.47. The van der Waals surface area contributed by atoms with Crippen LogP contribution in [0.3, 0.4) is 0 Å². The van der Waals surface area contributed by atoms with Crippen LogP contribution >= 0.6 is 11.6 Å². The van der Waals surface area contributed by atoms with Crippen molar-refractivity contribution in [3.63, 3.8) is 0 Å². The highest BCUT2D eigenvalue weighted by Crippen LogP contribution is 2.28. The fourth-order valence-electron chi connectivity index (χ4n) is 1.48. The van der Waals surface area contributed by atoms with Crippen LogP contribution < -0.4 is 15.8 Å². The molecule has 0 saturated carbocycles. The van der Waals surface area contributed by atoms with Crippen molar-refractivity contribution in [2.45, 2.75) is 19.4 Å². The standard InChI is InChI=1S/C13H19ClN2O3/c1-3-19-12-5-4-9(14)8-11(12)16-13(17)10(15)6-7-18-2/h4-5,8,10H,3,6-7,15H2,1-2H3,(H,16,17). The predicted molar refractivity (Wildman–Crippen MR) is 75.7 cm³/mol. The van der Waals surface area contributed by atoms with E-state index in [0.29, 0.717) is 36.1 Å². The molecule has 6 heteroatoms. The van der Waals surface area contributed by atoms with Crippen molar-refractivity contribution in [3.05, 3.63) is 23.2 Å². The molecule has 106 valence electrons. The van der Waals surface area contributed by atoms with E-state index in [0.717, 1.165) is 0 Å². The fourth-order valence-corrected chi connectivity index (χ4v) is 1.65. The van der Waals surface area contributed by atoms with E-state index < -0.39 is 6.04 Å². The van der Waals surface area contributed by atoms with E-state index in [4.69, 9.17) is 26.8 Å². The van der Waals surface area contributed by atoms with Crippen molar-refractivity contribution in [2.75, 3.05) is 25.6 Å². The maximum atomic E-state index is 11.9. The van der Waals surface area contributed by atoms with Crippen LogP contribution in [0.2, 0.25) is 5.02 Å². The van der Waals surface area contributed by atoms with E-state index in [1.165, 1.54) is 0 Å². The second-order valence-electron chi connectivity index (χ2n) is 3.95. The molecule has 5 nitrogen and oxygen atoms in total. The average molecular weight is 287 g/mol. The van der Waals surface area contributed by atoms with E-state index in [2.05, 4.69) is 5.32 Å². The van der Waals surface area contributed by atoms with Crippen molar-refractivity contribution in [2.24, 2.45) is 5.73 Å². The first-order chi connectivity index (χ1) is 9.08. The van der Waals surface area contributed by atoms with Crippen molar-refractivity contribution < 1.29 is 14.3 Å². The summed E-state index contributed by atoms with van der Waals surface area (Å²) in [6.45, 7) is 2.80. The number of carbonyl (C=O) groups is 1. The maximum absolute atomic E-state index is 11.9. The van der Waals surface area contributed by atoms with Crippen LogP contribution in [0, 0.1) is 0 Å². The lowest BCUT2D eigenvalue weighted by molar-refractivity contribution is -0.117. The lowest BCUT2D eigenvalue weighted by atomic mass is 10.2. The summed E-state index contributed by atoms with van der Waals surface area (Å²) in [5.41, 5.74) is 6.27. The normalized spacial score (nSPS) is 12.0. The first kappa shape index (κ1) is 15.8. The zero-order valence-electron chi connectivity index (χ0n) is 11.1. The largest absolute Gasteiger partial charge is 0.492 e. The third kappa shape index (κ3) is 5.06. The zero-order chi connectivity index (χ0) is 14.3. The van der Waals surface area contributed by atoms with Crippen LogP contribution in [-0.4, -0.2) is 32.3 Å². The molecular formula is C13H19ClN2O3. The number of halogens is 1. The van der Waals surface area contributed by atoms with Gasteiger partial charge in [0.2, 0.25) is 5.91 Å². The van der Waals surface area contributed by atoms with E-state index in [1.54, 1.807) is 25.3 Å². The number of ether oxygens (including phenoxy) is 2. The van der Waals surface area contributed by atoms with Gasteiger partial charge in [0, 0.05) is 18.7 Å². The van der Waals surface area contributed by atoms with E-state index in [1.807, 2.05) is 6.92 Å². The molecule has 3 N–H and O–H groups in total. The second-order valence-corrected chi connectivity index (χ2v) is 4.39. The topological polar surface area (TPSA) is 73.6 Å². The summed E-state index contributed by atoms with van der Waals surface area (Å²) in [5, 5.41) is 3.23. The van der Waals surface area contributed by atoms with E-state index in [9.17, 15) is 4.79 Å². The minimum atomic E-state index is -0.631. The molecule has 1 amide bonds. The van der Waals surface area contributed by atoms with E-state index >= 15 is 0 Å². The highest BCUT2D eigenvalue weighted by Gasteiger charge is 2.15. The molecule has 1 aromatic carbocycles. The molecule has 0 fully saturated rings. The number of rotatable bonds is 7. The molecule has 0 radical (unpaired) electrons. The first-order valence-electron chi connectivity index (χ1n) is 6.06. The number of amides is 1. The Kier molecular flexibility index (Phi) is 6.62. The minimum absolute atomic E-state index is 0.291. The molecule has 0 aliphatic rings. The summed E-state index contributed by atoms with van der Waals surface area (Å²) >= 11 is 5.91. The molecule has 1 aromatic rings. The Morgan fingerprint density at radius 3 is 2.89 bits per heavy atom. The smallest absolute Gasteiger partial charge is 0.241 e. The Hall–Kier alpha value is -1.30. The predicted octanol–water partition coefficient (Wildman–Crippen LogP) is 2.04. The third-order valence-corrected chi connectivity index (χ3v) is 2.70. The van der Waals surface area contributed by atoms with Crippen LogP contribution in [0.15, 0.2) is 18.2 Å². The van der Waals surface area contributed by atoms with Gasteiger partial charge in [-0.1, -0.05) is 11.6 Å². The van der Waals surface area contributed by atoms with Crippen LogP contribution in [0.1, 0.15) is 13.3 Å². The van der Waals surface area contributed by atoms with Gasteiger partial charge in [-0.15, -0.1) is 0 Å². The van der Waals surface area contributed by atoms with Gasteiger partial charge in [0.15, 0.2) is 0 Å². The van der Waals surface area contributed by atoms with Gasteiger partial charge in [-0.25, -0.2) is 0 Å². The van der Waals surface area contributed by atoms with Gasteiger partial charge >= 0.3 is 0 Å². The van der Waals surface area contributed by atoms with Crippen molar-refractivity contribution in [1.82, 2.24) is 0 Å². The SMILES string of the molecule is CCOc1ccc(Cl)cc1NC(=O)C(N)CCOC. The number of nitrogens with one attached hydrogen (secondary N) is 1. The summed E-state index contributed by atoms with van der Waals surface area (Å²) < 4.78 is 10.3. The van der Waals surface area contributed by atoms with Crippen molar-refractivity contribution >= 4 is 23.2 Å². The Morgan fingerprint density at radius 2 is 2.26 bits per heavy atom. The number of nitrogens with two attached hydrogens (primary N) is 1. The summed E-state index contributed by atoms with van der Waals surface area (Å²) in [7, 11) is 1.56. The van der Waals surface area contributed by atoms with Crippen LogP contribution in [-0.2, 0) is 9.53 Å². The Labute approximate surface area is 118 Å². The lowest BCUT2D eigenvalue weighted by Crippen LogP contribution is -2.36. The maximum Gasteiger partial charge on any atom is 0.241 e. The molecule has 0 saturated heterocycles. The number of methoxy groups -OCH3 is 1. The number of anilines is 1. The summed E-state index contributed by atoms with van der Waals surface area (Å²) in [4.78, 5) is 11.9. The first-order valence-corrected chi connectivity index (χ1v) is 6.44. The minimum Gasteiger partial charge on any atom is -0.492 e. The Bertz CT molecular complexity index is 426. The molecule has 1 atom stereocenters. The monoisotopic (exact) mass is 286 g/mol. The molecule has 1 unspecified atom stereocenters. The van der Waals surface area contributed by atoms with Gasteiger partial charge in [-0.3, -0.25) is 4.79 Å². The Balaban J connectivity index is 2.74. The molecule has 1 rings (SSSR count). The van der Waals surface area contributed by atoms with Crippen LogP contribution in [0.5, 0.6) is 5.75 Å². The number of carbonyl (C=O) groups excluding carboxylic acids is 1. The summed E-state index contributed by atoms with van der Waals surface area (Å²) in [6.07, 6.45) is 0.451. The van der Waals surface area contributed by atoms with Crippen LogP contribution in [0.4, 0.5) is 5.69 Å². The molecule has 0 aliphatic carbocycles. The van der Waals surface area contributed by atoms with Gasteiger partial charge in [0.1, 0.15) is 5.75 Å². The van der Waals surface area contributed by atoms with Crippen LogP contribution in [0.25, 0.3) is 0 Å². The van der Waals surface area contributed by atoms with Gasteiger partial charge in [0.05, 0.1) is 18.3 Å². The lowest BCUT2D eigenvalue weighted by Gasteiger charge is -2.15. The van der Waals surface area contributed by atoms with Gasteiger partial charge in [-0.2, -0.15) is 0 Å². The fraction of sp³-hybridized carbons (Fsp3) is 0.462. The van der Waals surface area contributed by atoms with Crippen molar-refractivity contribution in [3.8, 4) is 5.75 Å². The Morgan fingerprint density at radius 1 is 1.53 bits per heavy atom. The second kappa shape index (κ2) is 7.99. The number of benzene rings is 1. The van der Waals surface area contributed by atoms with Gasteiger partial charge in [-0.05, 0) is 31.5 Å². The van der Waals surface area contributed by atoms with Gasteiger partial charge < -0.3 is 20.5 Å². The summed E-state index contributed by atoms with van der Waals surface area (Å²) in [6, 6.07) is 4.41. The van der Waals surface area contributed by atoms with Crippen molar-refractivity contribution in [1.29, 1.82) is 0 Å². The molecule has 0 bridgehead atoms. The zero-order valence-corrected chi connectivity index (χ0v) is 11.9. The molecule has 19 heavy (non-hydrogen) atoms.